The van der Waals surface area contributed by atoms with Crippen molar-refractivity contribution in [1.82, 2.24) is 15.1 Å². The molecule has 0 aromatic heterocycles. The van der Waals surface area contributed by atoms with Crippen molar-refractivity contribution in [3.8, 4) is 0 Å². The standard InChI is InChI=1S/C34H40N4O4/c1-26(40)33(27-10-4-2-5-11-27)35-34(41)32-30-15-9-8-12-28(30)24-38(29-13-6-3-7-14-29)31(32)25-37-18-16-36(17-19-37)20-22-42-23-21-39/h2-15,33,39H,16-25H2,1H3,(H,35,41)/t33-/m1/s1. The van der Waals surface area contributed by atoms with E-state index in [0.717, 1.165) is 60.8 Å². The third kappa shape index (κ3) is 7.14. The van der Waals surface area contributed by atoms with Crippen LogP contribution in [0.5, 0.6) is 0 Å². The molecule has 2 heterocycles. The predicted molar refractivity (Wildman–Crippen MR) is 165 cm³/mol. The average molecular weight is 569 g/mol. The Morgan fingerprint density at radius 2 is 1.50 bits per heavy atom. The maximum atomic E-state index is 14.3. The maximum absolute atomic E-state index is 14.3. The van der Waals surface area contributed by atoms with Crippen molar-refractivity contribution in [1.29, 1.82) is 0 Å². The van der Waals surface area contributed by atoms with Crippen molar-refractivity contribution in [2.75, 3.05) is 64.0 Å². The summed E-state index contributed by atoms with van der Waals surface area (Å²) in [6, 6.07) is 27.0. The molecule has 0 aliphatic carbocycles. The Morgan fingerprint density at radius 3 is 2.19 bits per heavy atom. The van der Waals surface area contributed by atoms with Gasteiger partial charge in [0, 0.05) is 57.2 Å². The van der Waals surface area contributed by atoms with Gasteiger partial charge in [-0.2, -0.15) is 0 Å². The van der Waals surface area contributed by atoms with E-state index in [1.807, 2.05) is 66.7 Å². The van der Waals surface area contributed by atoms with Crippen molar-refractivity contribution in [2.45, 2.75) is 19.5 Å². The summed E-state index contributed by atoms with van der Waals surface area (Å²) >= 11 is 0. The number of aliphatic hydroxyl groups excluding tert-OH is 1. The molecule has 0 saturated carbocycles. The molecule has 2 N–H and O–H groups in total. The second-order valence-corrected chi connectivity index (χ2v) is 10.8. The van der Waals surface area contributed by atoms with Crippen LogP contribution in [0, 0.1) is 0 Å². The van der Waals surface area contributed by atoms with Gasteiger partial charge in [-0.3, -0.25) is 19.4 Å². The van der Waals surface area contributed by atoms with E-state index in [9.17, 15) is 9.59 Å². The molecule has 42 heavy (non-hydrogen) atoms. The quantitative estimate of drug-likeness (QED) is 0.324. The van der Waals surface area contributed by atoms with Crippen LogP contribution in [0.15, 0.2) is 90.6 Å². The minimum absolute atomic E-state index is 0.0400. The van der Waals surface area contributed by atoms with Crippen LogP contribution in [0.1, 0.15) is 29.7 Å². The molecule has 2 aliphatic rings. The second kappa shape index (κ2) is 14.4. The fourth-order valence-corrected chi connectivity index (χ4v) is 5.74. The summed E-state index contributed by atoms with van der Waals surface area (Å²) in [5.74, 6) is -0.360. The fourth-order valence-electron chi connectivity index (χ4n) is 5.74. The van der Waals surface area contributed by atoms with Crippen molar-refractivity contribution in [3.63, 3.8) is 0 Å². The molecule has 3 aromatic carbocycles. The van der Waals surface area contributed by atoms with Crippen molar-refractivity contribution < 1.29 is 19.4 Å². The summed E-state index contributed by atoms with van der Waals surface area (Å²) in [5.41, 5.74) is 5.33. The summed E-state index contributed by atoms with van der Waals surface area (Å²) < 4.78 is 5.46. The number of fused-ring (bicyclic) bond motifs is 1. The molecule has 0 unspecified atom stereocenters. The molecule has 1 amide bonds. The van der Waals surface area contributed by atoms with E-state index in [2.05, 4.69) is 38.2 Å². The van der Waals surface area contributed by atoms with Crippen LogP contribution < -0.4 is 10.2 Å². The smallest absolute Gasteiger partial charge is 0.254 e. The first kappa shape index (κ1) is 29.7. The van der Waals surface area contributed by atoms with Gasteiger partial charge in [0.25, 0.3) is 5.91 Å². The van der Waals surface area contributed by atoms with E-state index in [4.69, 9.17) is 9.84 Å². The lowest BCUT2D eigenvalue weighted by molar-refractivity contribution is -0.124. The van der Waals surface area contributed by atoms with E-state index in [1.165, 1.54) is 6.92 Å². The number of hydrogen-bond acceptors (Lipinski definition) is 7. The Kier molecular flexibility index (Phi) is 10.2. The molecule has 5 rings (SSSR count). The molecule has 0 bridgehead atoms. The lowest BCUT2D eigenvalue weighted by atomic mass is 9.91. The largest absolute Gasteiger partial charge is 0.394 e. The van der Waals surface area contributed by atoms with E-state index in [1.54, 1.807) is 0 Å². The summed E-state index contributed by atoms with van der Waals surface area (Å²) in [6.07, 6.45) is 0. The number of ether oxygens (including phenoxy) is 1. The third-order valence-electron chi connectivity index (χ3n) is 7.97. The van der Waals surface area contributed by atoms with Gasteiger partial charge >= 0.3 is 0 Å². The monoisotopic (exact) mass is 568 g/mol. The Balaban J connectivity index is 1.47. The number of Topliss-reactive ketones (excluding diaryl/α,β-unsaturated/α-hetero) is 1. The van der Waals surface area contributed by atoms with Gasteiger partial charge in [-0.15, -0.1) is 0 Å². The Labute approximate surface area is 248 Å². The number of piperazine rings is 1. The molecule has 220 valence electrons. The van der Waals surface area contributed by atoms with E-state index in [0.29, 0.717) is 31.9 Å². The van der Waals surface area contributed by atoms with Crippen LogP contribution in [0.4, 0.5) is 5.69 Å². The van der Waals surface area contributed by atoms with Crippen LogP contribution in [0.25, 0.3) is 5.57 Å². The third-order valence-corrected chi connectivity index (χ3v) is 7.97. The highest BCUT2D eigenvalue weighted by Gasteiger charge is 2.33. The van der Waals surface area contributed by atoms with Gasteiger partial charge in [0.1, 0.15) is 6.04 Å². The van der Waals surface area contributed by atoms with Gasteiger partial charge in [-0.1, -0.05) is 72.8 Å². The lowest BCUT2D eigenvalue weighted by Crippen LogP contribution is -2.49. The number of aliphatic hydroxyl groups is 1. The number of carbonyl (C=O) groups is 2. The predicted octanol–water partition coefficient (Wildman–Crippen LogP) is 3.49. The number of carbonyl (C=O) groups excluding carboxylic acids is 2. The molecule has 0 spiro atoms. The topological polar surface area (TPSA) is 85.4 Å². The van der Waals surface area contributed by atoms with Crippen LogP contribution in [0.3, 0.4) is 0 Å². The molecule has 8 heteroatoms. The minimum Gasteiger partial charge on any atom is -0.394 e. The summed E-state index contributed by atoms with van der Waals surface area (Å²) in [6.45, 7) is 8.16. The number of amides is 1. The van der Waals surface area contributed by atoms with Crippen molar-refractivity contribution >= 4 is 23.0 Å². The molecule has 1 saturated heterocycles. The van der Waals surface area contributed by atoms with Gasteiger partial charge in [-0.25, -0.2) is 0 Å². The highest BCUT2D eigenvalue weighted by Crippen LogP contribution is 2.36. The second-order valence-electron chi connectivity index (χ2n) is 10.8. The molecule has 0 radical (unpaired) electrons. The fraction of sp³-hybridized carbons (Fsp3) is 0.353. The number of benzene rings is 3. The van der Waals surface area contributed by atoms with Crippen molar-refractivity contribution in [2.24, 2.45) is 0 Å². The number of ketones is 1. The maximum Gasteiger partial charge on any atom is 0.254 e. The van der Waals surface area contributed by atoms with Crippen LogP contribution in [-0.2, 0) is 20.9 Å². The van der Waals surface area contributed by atoms with E-state index >= 15 is 0 Å². The number of hydrogen-bond donors (Lipinski definition) is 2. The van der Waals surface area contributed by atoms with Crippen molar-refractivity contribution in [3.05, 3.63) is 107 Å². The molecule has 3 aromatic rings. The van der Waals surface area contributed by atoms with Gasteiger partial charge in [-0.05, 0) is 35.7 Å². The minimum atomic E-state index is -0.733. The highest BCUT2D eigenvalue weighted by molar-refractivity contribution is 6.22. The Morgan fingerprint density at radius 1 is 0.857 bits per heavy atom. The van der Waals surface area contributed by atoms with Gasteiger partial charge < -0.3 is 20.1 Å². The zero-order chi connectivity index (χ0) is 29.3. The van der Waals surface area contributed by atoms with E-state index < -0.39 is 6.04 Å². The number of para-hydroxylation sites is 1. The van der Waals surface area contributed by atoms with Gasteiger partial charge in [0.2, 0.25) is 0 Å². The molecule has 1 atom stereocenters. The summed E-state index contributed by atoms with van der Waals surface area (Å²) in [5, 5.41) is 12.0. The zero-order valence-electron chi connectivity index (χ0n) is 24.2. The van der Waals surface area contributed by atoms with Crippen LogP contribution in [0.2, 0.25) is 0 Å². The number of rotatable bonds is 12. The molecular weight excluding hydrogens is 528 g/mol. The molecule has 1 fully saturated rings. The first-order valence-electron chi connectivity index (χ1n) is 14.7. The number of nitrogens with zero attached hydrogens (tertiary/aromatic N) is 3. The summed E-state index contributed by atoms with van der Waals surface area (Å²) in [4.78, 5) is 34.1. The lowest BCUT2D eigenvalue weighted by Gasteiger charge is -2.40. The Hall–Kier alpha value is -3.82. The summed E-state index contributed by atoms with van der Waals surface area (Å²) in [7, 11) is 0. The first-order chi connectivity index (χ1) is 20.5. The Bertz CT molecular complexity index is 1370. The first-order valence-corrected chi connectivity index (χ1v) is 14.7. The van der Waals surface area contributed by atoms with Crippen LogP contribution >= 0.6 is 0 Å². The number of anilines is 1. The van der Waals surface area contributed by atoms with Crippen LogP contribution in [-0.4, -0.2) is 85.7 Å². The SMILES string of the molecule is CC(=O)[C@@H](NC(=O)C1=C(CN2CCN(CCOCCO)CC2)N(c2ccccc2)Cc2ccccc21)c1ccccc1. The van der Waals surface area contributed by atoms with E-state index in [-0.39, 0.29) is 18.3 Å². The number of nitrogens with one attached hydrogen (secondary N) is 1. The average Bonchev–Trinajstić information content (AvgIpc) is 3.03. The normalized spacial score (nSPS) is 16.7. The molecule has 8 nitrogen and oxygen atoms in total. The molecular formula is C34H40N4O4. The van der Waals surface area contributed by atoms with Gasteiger partial charge in [0.15, 0.2) is 5.78 Å². The zero-order valence-corrected chi connectivity index (χ0v) is 24.2. The molecule has 2 aliphatic heterocycles. The van der Waals surface area contributed by atoms with Gasteiger partial charge in [0.05, 0.1) is 25.4 Å². The highest BCUT2D eigenvalue weighted by atomic mass is 16.5.